The zero-order valence-electron chi connectivity index (χ0n) is 12.9. The van der Waals surface area contributed by atoms with Crippen molar-refractivity contribution in [2.75, 3.05) is 7.11 Å². The quantitative estimate of drug-likeness (QED) is 0.723. The van der Waals surface area contributed by atoms with Crippen LogP contribution in [-0.4, -0.2) is 22.2 Å². The van der Waals surface area contributed by atoms with Crippen molar-refractivity contribution in [2.45, 2.75) is 24.7 Å². The maximum atomic E-state index is 5.48. The van der Waals surface area contributed by atoms with E-state index in [2.05, 4.69) is 15.1 Å². The van der Waals surface area contributed by atoms with E-state index in [1.54, 1.807) is 7.11 Å². The van der Waals surface area contributed by atoms with Gasteiger partial charge >= 0.3 is 0 Å². The molecule has 0 spiro atoms. The predicted molar refractivity (Wildman–Crippen MR) is 85.1 cm³/mol. The van der Waals surface area contributed by atoms with Crippen LogP contribution in [0.3, 0.4) is 0 Å². The van der Waals surface area contributed by atoms with Crippen LogP contribution in [0.15, 0.2) is 53.2 Å². The smallest absolute Gasteiger partial charge is 0.258 e. The second kappa shape index (κ2) is 5.50. The van der Waals surface area contributed by atoms with Gasteiger partial charge in [-0.3, -0.25) is 4.98 Å². The summed E-state index contributed by atoms with van der Waals surface area (Å²) in [6.07, 6.45) is 4.82. The van der Waals surface area contributed by atoms with Crippen LogP contribution in [-0.2, 0) is 11.8 Å². The summed E-state index contributed by atoms with van der Waals surface area (Å²) in [7, 11) is 1.64. The molecule has 0 bridgehead atoms. The Labute approximate surface area is 134 Å². The molecule has 1 aromatic carbocycles. The van der Waals surface area contributed by atoms with Crippen LogP contribution in [0.1, 0.15) is 24.4 Å². The number of benzene rings is 1. The molecule has 2 aromatic heterocycles. The van der Waals surface area contributed by atoms with Gasteiger partial charge in [-0.05, 0) is 43.2 Å². The van der Waals surface area contributed by atoms with Gasteiger partial charge in [-0.2, -0.15) is 4.98 Å². The SMILES string of the molecule is COc1cccc(-c2nc(C3(Cc4ccccn4)CC3)no2)c1. The van der Waals surface area contributed by atoms with E-state index in [-0.39, 0.29) is 5.41 Å². The van der Waals surface area contributed by atoms with Crippen molar-refractivity contribution in [1.29, 1.82) is 0 Å². The van der Waals surface area contributed by atoms with E-state index in [9.17, 15) is 0 Å². The molecule has 4 rings (SSSR count). The Bertz CT molecular complexity index is 810. The van der Waals surface area contributed by atoms with Crippen LogP contribution >= 0.6 is 0 Å². The Kier molecular flexibility index (Phi) is 3.33. The molecule has 0 amide bonds. The third-order valence-corrected chi connectivity index (χ3v) is 4.32. The zero-order valence-corrected chi connectivity index (χ0v) is 12.9. The highest BCUT2D eigenvalue weighted by molar-refractivity contribution is 5.55. The molecule has 116 valence electrons. The highest BCUT2D eigenvalue weighted by Crippen LogP contribution is 2.49. The van der Waals surface area contributed by atoms with Crippen molar-refractivity contribution in [3.8, 4) is 17.2 Å². The minimum atomic E-state index is -0.0189. The van der Waals surface area contributed by atoms with E-state index < -0.39 is 0 Å². The summed E-state index contributed by atoms with van der Waals surface area (Å²) in [5.74, 6) is 2.09. The summed E-state index contributed by atoms with van der Waals surface area (Å²) in [6, 6.07) is 13.6. The number of aromatic nitrogens is 3. The number of methoxy groups -OCH3 is 1. The minimum Gasteiger partial charge on any atom is -0.497 e. The van der Waals surface area contributed by atoms with Crippen LogP contribution < -0.4 is 4.74 Å². The molecule has 1 aliphatic carbocycles. The minimum absolute atomic E-state index is 0.0189. The lowest BCUT2D eigenvalue weighted by Gasteiger charge is -2.09. The van der Waals surface area contributed by atoms with Gasteiger partial charge in [-0.15, -0.1) is 0 Å². The van der Waals surface area contributed by atoms with Gasteiger partial charge in [0.15, 0.2) is 5.82 Å². The van der Waals surface area contributed by atoms with Crippen LogP contribution in [0.5, 0.6) is 5.75 Å². The first-order chi connectivity index (χ1) is 11.3. The largest absolute Gasteiger partial charge is 0.497 e. The summed E-state index contributed by atoms with van der Waals surface area (Å²) < 4.78 is 10.7. The summed E-state index contributed by atoms with van der Waals surface area (Å²) in [6.45, 7) is 0. The third-order valence-electron chi connectivity index (χ3n) is 4.32. The number of ether oxygens (including phenoxy) is 1. The first-order valence-corrected chi connectivity index (χ1v) is 7.68. The molecule has 0 N–H and O–H groups in total. The maximum absolute atomic E-state index is 5.48. The molecular formula is C18H17N3O2. The van der Waals surface area contributed by atoms with E-state index in [1.807, 2.05) is 48.7 Å². The molecule has 1 aliphatic rings. The van der Waals surface area contributed by atoms with E-state index in [4.69, 9.17) is 9.26 Å². The van der Waals surface area contributed by atoms with Gasteiger partial charge in [0.2, 0.25) is 0 Å². The number of nitrogens with zero attached hydrogens (tertiary/aromatic N) is 3. The molecule has 0 aliphatic heterocycles. The molecule has 1 fully saturated rings. The second-order valence-corrected chi connectivity index (χ2v) is 5.93. The molecule has 2 heterocycles. The van der Waals surface area contributed by atoms with Crippen molar-refractivity contribution in [3.05, 3.63) is 60.2 Å². The zero-order chi connectivity index (χ0) is 15.7. The van der Waals surface area contributed by atoms with Crippen molar-refractivity contribution in [2.24, 2.45) is 0 Å². The van der Waals surface area contributed by atoms with Gasteiger partial charge in [0.25, 0.3) is 5.89 Å². The number of hydrogen-bond acceptors (Lipinski definition) is 5. The topological polar surface area (TPSA) is 61.0 Å². The number of hydrogen-bond donors (Lipinski definition) is 0. The van der Waals surface area contributed by atoms with Crippen LogP contribution in [0.4, 0.5) is 0 Å². The van der Waals surface area contributed by atoms with Crippen LogP contribution in [0, 0.1) is 0 Å². The van der Waals surface area contributed by atoms with E-state index in [1.165, 1.54) is 0 Å². The summed E-state index contributed by atoms with van der Waals surface area (Å²) in [5.41, 5.74) is 1.92. The standard InChI is InChI=1S/C18H17N3O2/c1-22-15-7-4-5-13(11-15)16-20-17(21-23-16)18(8-9-18)12-14-6-2-3-10-19-14/h2-7,10-11H,8-9,12H2,1H3. The summed E-state index contributed by atoms with van der Waals surface area (Å²) in [4.78, 5) is 9.04. The Morgan fingerprint density at radius 1 is 1.17 bits per heavy atom. The van der Waals surface area contributed by atoms with E-state index in [0.29, 0.717) is 5.89 Å². The predicted octanol–water partition coefficient (Wildman–Crippen LogP) is 3.41. The second-order valence-electron chi connectivity index (χ2n) is 5.93. The molecule has 5 heteroatoms. The summed E-state index contributed by atoms with van der Waals surface area (Å²) in [5, 5.41) is 4.22. The molecule has 0 atom stereocenters. The van der Waals surface area contributed by atoms with Gasteiger partial charge in [-0.25, -0.2) is 0 Å². The van der Waals surface area contributed by atoms with Gasteiger partial charge in [0.05, 0.1) is 7.11 Å². The Morgan fingerprint density at radius 3 is 2.83 bits per heavy atom. The fraction of sp³-hybridized carbons (Fsp3) is 0.278. The fourth-order valence-corrected chi connectivity index (χ4v) is 2.79. The van der Waals surface area contributed by atoms with Gasteiger partial charge in [0, 0.05) is 29.3 Å². The highest BCUT2D eigenvalue weighted by atomic mass is 16.5. The molecule has 5 nitrogen and oxygen atoms in total. The molecule has 23 heavy (non-hydrogen) atoms. The lowest BCUT2D eigenvalue weighted by atomic mass is 9.99. The van der Waals surface area contributed by atoms with E-state index in [0.717, 1.165) is 42.1 Å². The number of pyridine rings is 1. The normalized spacial score (nSPS) is 15.3. The van der Waals surface area contributed by atoms with Gasteiger partial charge in [-0.1, -0.05) is 17.3 Å². The molecule has 1 saturated carbocycles. The van der Waals surface area contributed by atoms with Crippen molar-refractivity contribution in [1.82, 2.24) is 15.1 Å². The van der Waals surface area contributed by atoms with Gasteiger partial charge in [0.1, 0.15) is 5.75 Å². The van der Waals surface area contributed by atoms with Gasteiger partial charge < -0.3 is 9.26 Å². The van der Waals surface area contributed by atoms with Crippen molar-refractivity contribution < 1.29 is 9.26 Å². The maximum Gasteiger partial charge on any atom is 0.258 e. The highest BCUT2D eigenvalue weighted by Gasteiger charge is 2.48. The first-order valence-electron chi connectivity index (χ1n) is 7.68. The molecule has 3 aromatic rings. The number of rotatable bonds is 5. The Morgan fingerprint density at radius 2 is 2.09 bits per heavy atom. The molecular weight excluding hydrogens is 290 g/mol. The van der Waals surface area contributed by atoms with Crippen molar-refractivity contribution >= 4 is 0 Å². The first kappa shape index (κ1) is 13.9. The third kappa shape index (κ3) is 2.70. The van der Waals surface area contributed by atoms with Crippen LogP contribution in [0.25, 0.3) is 11.5 Å². The summed E-state index contributed by atoms with van der Waals surface area (Å²) >= 11 is 0. The lowest BCUT2D eigenvalue weighted by molar-refractivity contribution is 0.408. The average Bonchev–Trinajstić information content (AvgIpc) is 3.21. The molecule has 0 radical (unpaired) electrons. The molecule has 0 saturated heterocycles. The monoisotopic (exact) mass is 307 g/mol. The average molecular weight is 307 g/mol. The van der Waals surface area contributed by atoms with Crippen LogP contribution in [0.2, 0.25) is 0 Å². The lowest BCUT2D eigenvalue weighted by Crippen LogP contribution is -2.13. The fourth-order valence-electron chi connectivity index (χ4n) is 2.79. The van der Waals surface area contributed by atoms with Crippen molar-refractivity contribution in [3.63, 3.8) is 0 Å². The van der Waals surface area contributed by atoms with E-state index >= 15 is 0 Å². The molecule has 0 unspecified atom stereocenters. The Balaban J connectivity index is 1.60. The Hall–Kier alpha value is -2.69.